The van der Waals surface area contributed by atoms with Crippen molar-refractivity contribution in [2.45, 2.75) is 25.8 Å². The second kappa shape index (κ2) is 10.3. The Morgan fingerprint density at radius 2 is 1.89 bits per heavy atom. The third-order valence-electron chi connectivity index (χ3n) is 6.72. The first-order chi connectivity index (χ1) is 17.5. The molecule has 5 rings (SSSR count). The van der Waals surface area contributed by atoms with Crippen LogP contribution in [0, 0.1) is 5.41 Å². The Morgan fingerprint density at radius 1 is 1.11 bits per heavy atom. The topological polar surface area (TPSA) is 105 Å². The number of carbonyl (C=O) groups is 1. The molecule has 3 aromatic heterocycles. The van der Waals surface area contributed by atoms with E-state index in [1.54, 1.807) is 30.0 Å². The minimum atomic E-state index is -0.361. The van der Waals surface area contributed by atoms with Gasteiger partial charge in [-0.3, -0.25) is 19.4 Å². The number of hydrogen-bond acceptors (Lipinski definition) is 6. The maximum absolute atomic E-state index is 13.4. The number of piperidine rings is 1. The van der Waals surface area contributed by atoms with E-state index in [-0.39, 0.29) is 29.1 Å². The number of aromatic nitrogens is 3. The van der Waals surface area contributed by atoms with E-state index in [9.17, 15) is 9.59 Å². The zero-order valence-electron chi connectivity index (χ0n) is 20.4. The van der Waals surface area contributed by atoms with Crippen molar-refractivity contribution < 1.29 is 9.53 Å². The molecule has 0 atom stereocenters. The molecule has 0 unspecified atom stereocenters. The Bertz CT molecular complexity index is 1520. The molecule has 1 aromatic carbocycles. The summed E-state index contributed by atoms with van der Waals surface area (Å²) in [5.41, 5.74) is 1.65. The normalized spacial score (nSPS) is 14.2. The van der Waals surface area contributed by atoms with Crippen molar-refractivity contribution in [1.29, 1.82) is 5.41 Å². The van der Waals surface area contributed by atoms with E-state index in [0.29, 0.717) is 23.2 Å². The molecule has 0 bridgehead atoms. The van der Waals surface area contributed by atoms with Gasteiger partial charge in [-0.25, -0.2) is 4.98 Å². The fourth-order valence-corrected chi connectivity index (χ4v) is 4.73. The average molecular weight is 487 g/mol. The number of rotatable bonds is 7. The third kappa shape index (κ3) is 4.74. The van der Waals surface area contributed by atoms with Crippen molar-refractivity contribution in [3.05, 3.63) is 81.7 Å². The molecule has 0 radical (unpaired) electrons. The Hall–Kier alpha value is -3.98. The van der Waals surface area contributed by atoms with Crippen molar-refractivity contribution >= 4 is 22.6 Å². The van der Waals surface area contributed by atoms with Gasteiger partial charge in [0.1, 0.15) is 22.5 Å². The van der Waals surface area contributed by atoms with Gasteiger partial charge in [0.25, 0.3) is 11.5 Å². The van der Waals surface area contributed by atoms with Crippen LogP contribution in [0.15, 0.2) is 59.5 Å². The average Bonchev–Trinajstić information content (AvgIpc) is 2.91. The summed E-state index contributed by atoms with van der Waals surface area (Å²) in [6, 6.07) is 14.3. The standard InChI is InChI=1S/C27H30N6O3/c1-36-20-10-8-19(9-11-20)18-33-24(28)21(26(34)29-12-16-31-13-4-2-5-14-31)17-22-25(33)30-23-7-3-6-15-32(23)27(22)35/h3,6-11,15,17,28H,2,4-5,12-14,16,18H2,1H3,(H,29,34). The molecule has 1 saturated heterocycles. The number of pyridine rings is 2. The molecule has 186 valence electrons. The Kier molecular flexibility index (Phi) is 6.81. The first-order valence-corrected chi connectivity index (χ1v) is 12.3. The van der Waals surface area contributed by atoms with Crippen LogP contribution < -0.4 is 21.1 Å². The highest BCUT2D eigenvalue weighted by Gasteiger charge is 2.18. The van der Waals surface area contributed by atoms with Gasteiger partial charge in [0.05, 0.1) is 24.6 Å². The number of hydrogen-bond donors (Lipinski definition) is 2. The SMILES string of the molecule is COc1ccc(Cn2c(=N)c(C(=O)NCCN3CCCCC3)cc3c(=O)n4ccccc4nc32)cc1. The smallest absolute Gasteiger partial charge is 0.267 e. The molecular weight excluding hydrogens is 456 g/mol. The Morgan fingerprint density at radius 3 is 2.64 bits per heavy atom. The fourth-order valence-electron chi connectivity index (χ4n) is 4.73. The molecule has 9 nitrogen and oxygen atoms in total. The molecule has 2 N–H and O–H groups in total. The predicted octanol–water partition coefficient (Wildman–Crippen LogP) is 2.40. The van der Waals surface area contributed by atoms with E-state index in [4.69, 9.17) is 15.1 Å². The quantitative estimate of drug-likeness (QED) is 0.391. The summed E-state index contributed by atoms with van der Waals surface area (Å²) in [4.78, 5) is 33.6. The zero-order valence-corrected chi connectivity index (χ0v) is 20.4. The van der Waals surface area contributed by atoms with E-state index in [2.05, 4.69) is 10.2 Å². The third-order valence-corrected chi connectivity index (χ3v) is 6.72. The summed E-state index contributed by atoms with van der Waals surface area (Å²) < 4.78 is 8.34. The highest BCUT2D eigenvalue weighted by atomic mass is 16.5. The van der Waals surface area contributed by atoms with E-state index >= 15 is 0 Å². The number of nitrogens with one attached hydrogen (secondary N) is 2. The number of benzene rings is 1. The van der Waals surface area contributed by atoms with Gasteiger partial charge in [-0.2, -0.15) is 0 Å². The number of amides is 1. The number of nitrogens with zero attached hydrogens (tertiary/aromatic N) is 4. The van der Waals surface area contributed by atoms with Crippen molar-refractivity contribution in [1.82, 2.24) is 24.2 Å². The maximum atomic E-state index is 13.4. The van der Waals surface area contributed by atoms with Gasteiger partial charge in [0, 0.05) is 19.3 Å². The van der Waals surface area contributed by atoms with Crippen LogP contribution in [-0.4, -0.2) is 58.0 Å². The number of carbonyl (C=O) groups excluding carboxylic acids is 1. The largest absolute Gasteiger partial charge is 0.497 e. The van der Waals surface area contributed by atoms with Crippen LogP contribution >= 0.6 is 0 Å². The fraction of sp³-hybridized carbons (Fsp3) is 0.333. The van der Waals surface area contributed by atoms with Gasteiger partial charge in [-0.1, -0.05) is 24.6 Å². The summed E-state index contributed by atoms with van der Waals surface area (Å²) in [6.45, 7) is 3.64. The first-order valence-electron chi connectivity index (χ1n) is 12.3. The van der Waals surface area contributed by atoms with Crippen molar-refractivity contribution in [2.24, 2.45) is 0 Å². The van der Waals surface area contributed by atoms with E-state index in [1.165, 1.54) is 29.7 Å². The van der Waals surface area contributed by atoms with Gasteiger partial charge in [0.2, 0.25) is 0 Å². The summed E-state index contributed by atoms with van der Waals surface area (Å²) in [6.07, 6.45) is 5.29. The minimum Gasteiger partial charge on any atom is -0.497 e. The van der Waals surface area contributed by atoms with E-state index < -0.39 is 0 Å². The molecule has 1 aliphatic rings. The van der Waals surface area contributed by atoms with Gasteiger partial charge in [0.15, 0.2) is 0 Å². The molecule has 1 fully saturated rings. The lowest BCUT2D eigenvalue weighted by atomic mass is 10.1. The maximum Gasteiger partial charge on any atom is 0.267 e. The second-order valence-corrected chi connectivity index (χ2v) is 9.08. The lowest BCUT2D eigenvalue weighted by Gasteiger charge is -2.26. The summed E-state index contributed by atoms with van der Waals surface area (Å²) in [5, 5.41) is 12.2. The molecule has 1 amide bonds. The lowest BCUT2D eigenvalue weighted by molar-refractivity contribution is 0.0944. The molecule has 4 heterocycles. The van der Waals surface area contributed by atoms with Crippen LogP contribution in [0.1, 0.15) is 35.2 Å². The van der Waals surface area contributed by atoms with Gasteiger partial charge in [-0.15, -0.1) is 0 Å². The minimum absolute atomic E-state index is 0.0148. The summed E-state index contributed by atoms with van der Waals surface area (Å²) in [7, 11) is 1.61. The molecule has 0 aliphatic carbocycles. The van der Waals surface area contributed by atoms with Crippen LogP contribution in [0.4, 0.5) is 0 Å². The van der Waals surface area contributed by atoms with Crippen LogP contribution in [0.3, 0.4) is 0 Å². The number of ether oxygens (including phenoxy) is 1. The summed E-state index contributed by atoms with van der Waals surface area (Å²) >= 11 is 0. The van der Waals surface area contributed by atoms with Crippen LogP contribution in [0.25, 0.3) is 16.7 Å². The molecule has 36 heavy (non-hydrogen) atoms. The van der Waals surface area contributed by atoms with Crippen molar-refractivity contribution in [3.8, 4) is 5.75 Å². The van der Waals surface area contributed by atoms with Gasteiger partial charge < -0.3 is 19.5 Å². The Labute approximate surface area is 208 Å². The van der Waals surface area contributed by atoms with Crippen molar-refractivity contribution in [3.63, 3.8) is 0 Å². The number of likely N-dealkylation sites (tertiary alicyclic amines) is 1. The van der Waals surface area contributed by atoms with E-state index in [0.717, 1.165) is 30.9 Å². The molecule has 4 aromatic rings. The van der Waals surface area contributed by atoms with Gasteiger partial charge in [-0.05, 0) is 61.8 Å². The zero-order chi connectivity index (χ0) is 25.1. The molecule has 0 spiro atoms. The van der Waals surface area contributed by atoms with Crippen molar-refractivity contribution in [2.75, 3.05) is 33.3 Å². The molecule has 1 aliphatic heterocycles. The number of methoxy groups -OCH3 is 1. The highest BCUT2D eigenvalue weighted by Crippen LogP contribution is 2.15. The second-order valence-electron chi connectivity index (χ2n) is 9.08. The van der Waals surface area contributed by atoms with Crippen LogP contribution in [-0.2, 0) is 6.54 Å². The number of fused-ring (bicyclic) bond motifs is 2. The summed E-state index contributed by atoms with van der Waals surface area (Å²) in [5.74, 6) is 0.365. The molecular formula is C27H30N6O3. The lowest BCUT2D eigenvalue weighted by Crippen LogP contribution is -2.40. The monoisotopic (exact) mass is 486 g/mol. The van der Waals surface area contributed by atoms with Crippen LogP contribution in [0.2, 0.25) is 0 Å². The first kappa shape index (κ1) is 23.7. The van der Waals surface area contributed by atoms with Gasteiger partial charge >= 0.3 is 0 Å². The molecule has 9 heteroatoms. The Balaban J connectivity index is 1.55. The highest BCUT2D eigenvalue weighted by molar-refractivity contribution is 5.96. The molecule has 0 saturated carbocycles. The van der Waals surface area contributed by atoms with Crippen LogP contribution in [0.5, 0.6) is 5.75 Å². The van der Waals surface area contributed by atoms with E-state index in [1.807, 2.05) is 30.3 Å². The predicted molar refractivity (Wildman–Crippen MR) is 138 cm³/mol.